The quantitative estimate of drug-likeness (QED) is 0.543. The first-order valence-corrected chi connectivity index (χ1v) is 7.28. The topological polar surface area (TPSA) is 114 Å². The molecule has 0 atom stereocenters. The molecule has 0 radical (unpaired) electrons. The average molecular weight is 344 g/mol. The van der Waals surface area contributed by atoms with Gasteiger partial charge in [0, 0.05) is 29.2 Å². The van der Waals surface area contributed by atoms with E-state index in [2.05, 4.69) is 10.3 Å². The van der Waals surface area contributed by atoms with Gasteiger partial charge < -0.3 is 21.8 Å². The van der Waals surface area contributed by atoms with Crippen LogP contribution < -0.4 is 16.8 Å². The third kappa shape index (κ3) is 3.42. The number of fused-ring (bicyclic) bond motifs is 1. The number of benzene rings is 2. The molecule has 0 fully saturated rings. The molecule has 0 bridgehead atoms. The lowest BCUT2D eigenvalue weighted by Crippen LogP contribution is -2.23. The predicted molar refractivity (Wildman–Crippen MR) is 88.8 cm³/mol. The molecule has 128 valence electrons. The third-order valence-electron chi connectivity index (χ3n) is 3.65. The van der Waals surface area contributed by atoms with Gasteiger partial charge in [-0.05, 0) is 35.9 Å². The summed E-state index contributed by atoms with van der Waals surface area (Å²) in [4.78, 5) is 26.1. The number of aromatic nitrogens is 1. The molecule has 1 aromatic heterocycles. The first-order valence-electron chi connectivity index (χ1n) is 7.28. The number of rotatable bonds is 4. The van der Waals surface area contributed by atoms with Crippen LogP contribution in [-0.2, 0) is 6.54 Å². The first-order chi connectivity index (χ1) is 11.8. The molecule has 0 saturated heterocycles. The Morgan fingerprint density at radius 2 is 1.84 bits per heavy atom. The number of anilines is 1. The molecular weight excluding hydrogens is 330 g/mol. The maximum Gasteiger partial charge on any atom is 0.267 e. The molecule has 0 unspecified atom stereocenters. The minimum absolute atomic E-state index is 0.0797. The zero-order valence-corrected chi connectivity index (χ0v) is 12.9. The lowest BCUT2D eigenvalue weighted by atomic mass is 10.1. The van der Waals surface area contributed by atoms with Crippen molar-refractivity contribution in [2.75, 3.05) is 5.73 Å². The number of nitrogens with two attached hydrogens (primary N) is 2. The molecular formula is C17H14F2N4O2. The molecule has 25 heavy (non-hydrogen) atoms. The maximum atomic E-state index is 13.7. The zero-order valence-electron chi connectivity index (χ0n) is 12.9. The van der Waals surface area contributed by atoms with Crippen molar-refractivity contribution >= 4 is 28.4 Å². The van der Waals surface area contributed by atoms with Crippen LogP contribution in [0, 0.1) is 11.6 Å². The summed E-state index contributed by atoms with van der Waals surface area (Å²) in [7, 11) is 0. The minimum Gasteiger partial charge on any atom is -0.399 e. The maximum absolute atomic E-state index is 13.7. The smallest absolute Gasteiger partial charge is 0.267 e. The number of halogens is 2. The summed E-state index contributed by atoms with van der Waals surface area (Å²) in [5.41, 5.74) is 12.3. The molecule has 0 aliphatic heterocycles. The Hall–Kier alpha value is -3.42. The van der Waals surface area contributed by atoms with Gasteiger partial charge >= 0.3 is 0 Å². The number of nitrogens with one attached hydrogen (secondary N) is 2. The van der Waals surface area contributed by atoms with Crippen molar-refractivity contribution in [1.82, 2.24) is 10.3 Å². The van der Waals surface area contributed by atoms with Crippen LogP contribution in [0.1, 0.15) is 26.4 Å². The van der Waals surface area contributed by atoms with Crippen LogP contribution in [0.25, 0.3) is 10.9 Å². The third-order valence-corrected chi connectivity index (χ3v) is 3.65. The van der Waals surface area contributed by atoms with Gasteiger partial charge in [0.05, 0.1) is 5.52 Å². The zero-order chi connectivity index (χ0) is 18.1. The molecule has 8 heteroatoms. The van der Waals surface area contributed by atoms with E-state index in [4.69, 9.17) is 11.5 Å². The second-order valence-electron chi connectivity index (χ2n) is 5.54. The highest BCUT2D eigenvalue weighted by Gasteiger charge is 2.13. The summed E-state index contributed by atoms with van der Waals surface area (Å²) in [6.07, 6.45) is 0. The van der Waals surface area contributed by atoms with E-state index in [-0.39, 0.29) is 28.7 Å². The molecule has 2 amide bonds. The first kappa shape index (κ1) is 16.4. The highest BCUT2D eigenvalue weighted by molar-refractivity contribution is 5.98. The number of hydrogen-bond acceptors (Lipinski definition) is 3. The number of nitrogen functional groups attached to an aromatic ring is 1. The fourth-order valence-corrected chi connectivity index (χ4v) is 2.52. The van der Waals surface area contributed by atoms with Crippen molar-refractivity contribution in [2.45, 2.75) is 6.54 Å². The summed E-state index contributed by atoms with van der Waals surface area (Å²) < 4.78 is 26.9. The van der Waals surface area contributed by atoms with Gasteiger partial charge in [-0.25, -0.2) is 8.78 Å². The molecule has 0 aliphatic carbocycles. The van der Waals surface area contributed by atoms with Crippen LogP contribution in [0.15, 0.2) is 36.4 Å². The van der Waals surface area contributed by atoms with E-state index in [0.29, 0.717) is 11.3 Å². The number of amides is 2. The van der Waals surface area contributed by atoms with Crippen LogP contribution in [-0.4, -0.2) is 16.8 Å². The van der Waals surface area contributed by atoms with Crippen LogP contribution in [0.5, 0.6) is 0 Å². The highest BCUT2D eigenvalue weighted by atomic mass is 19.1. The van der Waals surface area contributed by atoms with Gasteiger partial charge in [0.15, 0.2) is 0 Å². The van der Waals surface area contributed by atoms with E-state index in [0.717, 1.165) is 12.1 Å². The Bertz CT molecular complexity index is 998. The van der Waals surface area contributed by atoms with Crippen LogP contribution in [0.4, 0.5) is 14.5 Å². The molecule has 1 heterocycles. The van der Waals surface area contributed by atoms with Gasteiger partial charge in [0.2, 0.25) is 5.91 Å². The van der Waals surface area contributed by atoms with E-state index in [9.17, 15) is 18.4 Å². The Morgan fingerprint density at radius 3 is 2.56 bits per heavy atom. The lowest BCUT2D eigenvalue weighted by molar-refractivity contribution is 0.0946. The van der Waals surface area contributed by atoms with Crippen molar-refractivity contribution in [3.63, 3.8) is 0 Å². The second-order valence-corrected chi connectivity index (χ2v) is 5.54. The summed E-state index contributed by atoms with van der Waals surface area (Å²) in [5.74, 6) is -2.64. The van der Waals surface area contributed by atoms with E-state index < -0.39 is 23.4 Å². The Balaban J connectivity index is 1.79. The van der Waals surface area contributed by atoms with Gasteiger partial charge in [-0.15, -0.1) is 0 Å². The number of carbonyl (C=O) groups is 2. The number of hydrogen-bond donors (Lipinski definition) is 4. The van der Waals surface area contributed by atoms with Gasteiger partial charge in [0.25, 0.3) is 5.91 Å². The molecule has 0 aliphatic rings. The molecule has 3 rings (SSSR count). The Morgan fingerprint density at radius 1 is 1.08 bits per heavy atom. The van der Waals surface area contributed by atoms with Crippen molar-refractivity contribution in [2.24, 2.45) is 5.73 Å². The minimum atomic E-state index is -0.757. The predicted octanol–water partition coefficient (Wildman–Crippen LogP) is 2.06. The van der Waals surface area contributed by atoms with Gasteiger partial charge in [-0.1, -0.05) is 0 Å². The van der Waals surface area contributed by atoms with Crippen LogP contribution in [0.2, 0.25) is 0 Å². The van der Waals surface area contributed by atoms with E-state index in [1.54, 1.807) is 6.07 Å². The van der Waals surface area contributed by atoms with Gasteiger partial charge in [-0.3, -0.25) is 9.59 Å². The summed E-state index contributed by atoms with van der Waals surface area (Å²) in [6, 6.07) is 7.69. The lowest BCUT2D eigenvalue weighted by Gasteiger charge is -2.07. The van der Waals surface area contributed by atoms with E-state index >= 15 is 0 Å². The van der Waals surface area contributed by atoms with E-state index in [1.165, 1.54) is 18.2 Å². The molecule has 6 nitrogen and oxygen atoms in total. The molecule has 0 saturated carbocycles. The van der Waals surface area contributed by atoms with Crippen molar-refractivity contribution in [3.05, 3.63) is 64.9 Å². The van der Waals surface area contributed by atoms with Crippen molar-refractivity contribution in [1.29, 1.82) is 0 Å². The van der Waals surface area contributed by atoms with E-state index in [1.807, 2.05) is 0 Å². The van der Waals surface area contributed by atoms with Gasteiger partial charge in [0.1, 0.15) is 17.3 Å². The summed E-state index contributed by atoms with van der Waals surface area (Å²) in [5, 5.41) is 2.73. The average Bonchev–Trinajstić information content (AvgIpc) is 2.96. The normalized spacial score (nSPS) is 10.8. The number of primary amides is 1. The van der Waals surface area contributed by atoms with Crippen molar-refractivity contribution < 1.29 is 18.4 Å². The van der Waals surface area contributed by atoms with Gasteiger partial charge in [-0.2, -0.15) is 0 Å². The fraction of sp³-hybridized carbons (Fsp3) is 0.0588. The monoisotopic (exact) mass is 344 g/mol. The summed E-state index contributed by atoms with van der Waals surface area (Å²) in [6.45, 7) is 0.0797. The highest BCUT2D eigenvalue weighted by Crippen LogP contribution is 2.20. The largest absolute Gasteiger partial charge is 0.399 e. The second kappa shape index (κ2) is 6.23. The Labute approximate surface area is 140 Å². The fourth-order valence-electron chi connectivity index (χ4n) is 2.52. The van der Waals surface area contributed by atoms with Crippen molar-refractivity contribution in [3.8, 4) is 0 Å². The molecule has 0 spiro atoms. The SMILES string of the molecule is NC(=O)c1cc(N)cc(CNC(=O)c2cc3c(F)cc(F)cc3[nH]2)c1. The number of aromatic amines is 1. The van der Waals surface area contributed by atoms with Crippen LogP contribution >= 0.6 is 0 Å². The van der Waals surface area contributed by atoms with Crippen LogP contribution in [0.3, 0.4) is 0 Å². The Kier molecular flexibility index (Phi) is 4.10. The number of carbonyl (C=O) groups excluding carboxylic acids is 2. The number of H-pyrrole nitrogens is 1. The molecule has 3 aromatic rings. The molecule has 2 aromatic carbocycles. The molecule has 6 N–H and O–H groups in total. The standard InChI is InChI=1S/C17H14F2N4O2/c18-10-4-13(19)12-6-15(23-14(12)5-10)17(25)22-7-8-1-9(16(21)24)3-11(20)2-8/h1-6,23H,7,20H2,(H2,21,24)(H,22,25). The summed E-state index contributed by atoms with van der Waals surface area (Å²) >= 11 is 0.